The molecule has 0 atom stereocenters. The van der Waals surface area contributed by atoms with Gasteiger partial charge in [0.2, 0.25) is 0 Å². The maximum atomic E-state index is 13.1. The molecule has 0 unspecified atom stereocenters. The van der Waals surface area contributed by atoms with Crippen molar-refractivity contribution in [3.63, 3.8) is 0 Å². The number of amides is 1. The smallest absolute Gasteiger partial charge is 0.366 e. The number of nitrogens with two attached hydrogens (primary N) is 1. The zero-order valence-electron chi connectivity index (χ0n) is 10.9. The van der Waals surface area contributed by atoms with E-state index in [2.05, 4.69) is 4.98 Å². The summed E-state index contributed by atoms with van der Waals surface area (Å²) in [5, 5.41) is 0. The van der Waals surface area contributed by atoms with E-state index in [1.165, 1.54) is 6.07 Å². The summed E-state index contributed by atoms with van der Waals surface area (Å²) in [5.41, 5.74) is 3.72. The van der Waals surface area contributed by atoms with Gasteiger partial charge in [-0.25, -0.2) is 8.78 Å². The number of primary amides is 1. The Balaban J connectivity index is 2.42. The van der Waals surface area contributed by atoms with Gasteiger partial charge in [-0.2, -0.15) is 13.2 Å². The molecule has 1 aromatic carbocycles. The van der Waals surface area contributed by atoms with Crippen LogP contribution in [0.3, 0.4) is 0 Å². The Morgan fingerprint density at radius 2 is 1.82 bits per heavy atom. The first-order valence-electron chi connectivity index (χ1n) is 5.98. The summed E-state index contributed by atoms with van der Waals surface area (Å²) in [4.78, 5) is 14.9. The molecule has 8 heteroatoms. The molecule has 0 bridgehead atoms. The fourth-order valence-electron chi connectivity index (χ4n) is 1.85. The molecule has 0 aliphatic heterocycles. The van der Waals surface area contributed by atoms with Crippen molar-refractivity contribution in [3.8, 4) is 0 Å². The van der Waals surface area contributed by atoms with Crippen LogP contribution in [0.5, 0.6) is 0 Å². The second kappa shape index (κ2) is 5.70. The van der Waals surface area contributed by atoms with Gasteiger partial charge in [0.25, 0.3) is 5.91 Å². The summed E-state index contributed by atoms with van der Waals surface area (Å²) in [6.07, 6.45) is -4.27. The summed E-state index contributed by atoms with van der Waals surface area (Å²) in [7, 11) is 0. The monoisotopic (exact) mass is 316 g/mol. The molecule has 0 saturated carbocycles. The predicted octanol–water partition coefficient (Wildman–Crippen LogP) is 3.07. The molecule has 0 aliphatic rings. The highest BCUT2D eigenvalue weighted by Gasteiger charge is 2.32. The molecule has 22 heavy (non-hydrogen) atoms. The largest absolute Gasteiger partial charge is 0.417 e. The molecule has 0 saturated heterocycles. The lowest BCUT2D eigenvalue weighted by atomic mass is 10.0. The number of alkyl halides is 3. The average Bonchev–Trinajstić information content (AvgIpc) is 2.42. The number of hydrogen-bond acceptors (Lipinski definition) is 2. The molecule has 116 valence electrons. The SMILES string of the molecule is NC(=O)c1cc(C(F)(F)F)cnc1Cc1ccc(F)c(F)c1. The third-order valence-electron chi connectivity index (χ3n) is 2.92. The van der Waals surface area contributed by atoms with Crippen molar-refractivity contribution in [3.05, 3.63) is 64.5 Å². The molecular weight excluding hydrogens is 307 g/mol. The van der Waals surface area contributed by atoms with E-state index < -0.39 is 34.8 Å². The number of carbonyl (C=O) groups is 1. The molecule has 1 amide bonds. The van der Waals surface area contributed by atoms with Crippen LogP contribution in [0.15, 0.2) is 30.5 Å². The Labute approximate surface area is 121 Å². The molecule has 2 rings (SSSR count). The lowest BCUT2D eigenvalue weighted by Crippen LogP contribution is -2.17. The molecule has 3 nitrogen and oxygen atoms in total. The molecule has 0 radical (unpaired) electrons. The minimum Gasteiger partial charge on any atom is -0.366 e. The van der Waals surface area contributed by atoms with Crippen LogP contribution in [0.1, 0.15) is 27.2 Å². The number of pyridine rings is 1. The van der Waals surface area contributed by atoms with Crippen molar-refractivity contribution in [2.45, 2.75) is 12.6 Å². The Morgan fingerprint density at radius 3 is 2.36 bits per heavy atom. The third kappa shape index (κ3) is 3.38. The van der Waals surface area contributed by atoms with E-state index in [0.717, 1.165) is 12.1 Å². The first-order chi connectivity index (χ1) is 10.2. The summed E-state index contributed by atoms with van der Waals surface area (Å²) in [5.74, 6) is -3.25. The highest BCUT2D eigenvalue weighted by Crippen LogP contribution is 2.30. The van der Waals surface area contributed by atoms with Crippen LogP contribution in [0.25, 0.3) is 0 Å². The number of aromatic nitrogens is 1. The molecule has 0 spiro atoms. The highest BCUT2D eigenvalue weighted by molar-refractivity contribution is 5.94. The van der Waals surface area contributed by atoms with Crippen molar-refractivity contribution >= 4 is 5.91 Å². The summed E-state index contributed by atoms with van der Waals surface area (Å²) >= 11 is 0. The van der Waals surface area contributed by atoms with Gasteiger partial charge in [-0.1, -0.05) is 6.07 Å². The third-order valence-corrected chi connectivity index (χ3v) is 2.92. The van der Waals surface area contributed by atoms with Crippen LogP contribution < -0.4 is 5.73 Å². The van der Waals surface area contributed by atoms with Crippen molar-refractivity contribution in [2.24, 2.45) is 5.73 Å². The van der Waals surface area contributed by atoms with Gasteiger partial charge in [-0.3, -0.25) is 9.78 Å². The van der Waals surface area contributed by atoms with E-state index in [9.17, 15) is 26.7 Å². The first-order valence-corrected chi connectivity index (χ1v) is 5.98. The van der Waals surface area contributed by atoms with Gasteiger partial charge in [-0.05, 0) is 23.8 Å². The fourth-order valence-corrected chi connectivity index (χ4v) is 1.85. The van der Waals surface area contributed by atoms with E-state index in [1.807, 2.05) is 0 Å². The second-order valence-corrected chi connectivity index (χ2v) is 4.51. The van der Waals surface area contributed by atoms with Crippen molar-refractivity contribution in [2.75, 3.05) is 0 Å². The number of rotatable bonds is 3. The molecule has 0 fully saturated rings. The van der Waals surface area contributed by atoms with E-state index in [-0.39, 0.29) is 17.7 Å². The molecule has 1 heterocycles. The van der Waals surface area contributed by atoms with Crippen molar-refractivity contribution < 1.29 is 26.7 Å². The maximum Gasteiger partial charge on any atom is 0.417 e. The molecule has 2 aromatic rings. The average molecular weight is 316 g/mol. The minimum atomic E-state index is -4.67. The fraction of sp³-hybridized carbons (Fsp3) is 0.143. The molecule has 2 N–H and O–H groups in total. The van der Waals surface area contributed by atoms with Crippen LogP contribution in [-0.4, -0.2) is 10.9 Å². The molecule has 1 aromatic heterocycles. The summed E-state index contributed by atoms with van der Waals surface area (Å²) in [6.45, 7) is 0. The van der Waals surface area contributed by atoms with E-state index >= 15 is 0 Å². The Bertz CT molecular complexity index is 728. The summed E-state index contributed by atoms with van der Waals surface area (Å²) < 4.78 is 63.8. The Kier molecular flexibility index (Phi) is 4.11. The second-order valence-electron chi connectivity index (χ2n) is 4.51. The number of hydrogen-bond donors (Lipinski definition) is 1. The van der Waals surface area contributed by atoms with Gasteiger partial charge in [0.05, 0.1) is 16.8 Å². The molecule has 0 aliphatic carbocycles. The van der Waals surface area contributed by atoms with Gasteiger partial charge in [-0.15, -0.1) is 0 Å². The van der Waals surface area contributed by atoms with Crippen LogP contribution in [0, 0.1) is 11.6 Å². The zero-order chi connectivity index (χ0) is 16.5. The number of carbonyl (C=O) groups excluding carboxylic acids is 1. The zero-order valence-corrected chi connectivity index (χ0v) is 10.9. The standard InChI is InChI=1S/C14H9F5N2O/c15-10-2-1-7(3-11(10)16)4-12-9(13(20)22)5-8(6-21-12)14(17,18)19/h1-3,5-6H,4H2,(H2,20,22). The van der Waals surface area contributed by atoms with Crippen LogP contribution >= 0.6 is 0 Å². The van der Waals surface area contributed by atoms with Crippen molar-refractivity contribution in [1.82, 2.24) is 4.98 Å². The van der Waals surface area contributed by atoms with Crippen molar-refractivity contribution in [1.29, 1.82) is 0 Å². The van der Waals surface area contributed by atoms with Gasteiger partial charge in [0.15, 0.2) is 11.6 Å². The van der Waals surface area contributed by atoms with E-state index in [0.29, 0.717) is 12.3 Å². The van der Waals surface area contributed by atoms with Crippen LogP contribution in [-0.2, 0) is 12.6 Å². The van der Waals surface area contributed by atoms with Crippen LogP contribution in [0.2, 0.25) is 0 Å². The number of benzene rings is 1. The first kappa shape index (κ1) is 15.9. The Morgan fingerprint density at radius 1 is 1.14 bits per heavy atom. The minimum absolute atomic E-state index is 0.0495. The normalized spacial score (nSPS) is 11.5. The predicted molar refractivity (Wildman–Crippen MR) is 66.9 cm³/mol. The molecular formula is C14H9F5N2O. The lowest BCUT2D eigenvalue weighted by molar-refractivity contribution is -0.137. The van der Waals surface area contributed by atoms with E-state index in [1.54, 1.807) is 0 Å². The number of halogens is 5. The van der Waals surface area contributed by atoms with Gasteiger partial charge in [0.1, 0.15) is 0 Å². The van der Waals surface area contributed by atoms with Crippen LogP contribution in [0.4, 0.5) is 22.0 Å². The topological polar surface area (TPSA) is 56.0 Å². The summed E-state index contributed by atoms with van der Waals surface area (Å²) in [6, 6.07) is 3.57. The quantitative estimate of drug-likeness (QED) is 0.885. The lowest BCUT2D eigenvalue weighted by Gasteiger charge is -2.11. The van der Waals surface area contributed by atoms with Gasteiger partial charge < -0.3 is 5.73 Å². The number of nitrogens with zero attached hydrogens (tertiary/aromatic N) is 1. The van der Waals surface area contributed by atoms with Gasteiger partial charge >= 0.3 is 6.18 Å². The highest BCUT2D eigenvalue weighted by atomic mass is 19.4. The van der Waals surface area contributed by atoms with Gasteiger partial charge in [0, 0.05) is 12.6 Å². The van der Waals surface area contributed by atoms with E-state index in [4.69, 9.17) is 5.73 Å². The maximum absolute atomic E-state index is 13.1. The Hall–Kier alpha value is -2.51.